The first kappa shape index (κ1) is 16.3. The van der Waals surface area contributed by atoms with Crippen molar-refractivity contribution in [2.45, 2.75) is 13.8 Å². The molecule has 8 heteroatoms. The Morgan fingerprint density at radius 1 is 1.50 bits per heavy atom. The second-order valence-corrected chi connectivity index (χ2v) is 5.09. The Balaban J connectivity index is 2.17. The van der Waals surface area contributed by atoms with E-state index in [-0.39, 0.29) is 12.4 Å². The van der Waals surface area contributed by atoms with Crippen LogP contribution in [0.1, 0.15) is 28.5 Å². The van der Waals surface area contributed by atoms with Crippen molar-refractivity contribution in [3.8, 4) is 0 Å². The molecule has 0 bridgehead atoms. The number of carbonyl (C=O) groups is 1. The number of aryl methyl sites for hydroxylation is 1. The van der Waals surface area contributed by atoms with Gasteiger partial charge in [-0.1, -0.05) is 35.3 Å². The average molecular weight is 341 g/mol. The van der Waals surface area contributed by atoms with Crippen LogP contribution in [-0.4, -0.2) is 29.0 Å². The topological polar surface area (TPSA) is 79.4 Å². The number of hydrogen-bond donors (Lipinski definition) is 2. The molecule has 0 aliphatic carbocycles. The number of carbonyl (C=O) groups excluding carboxylic acids is 1. The number of halogens is 2. The van der Waals surface area contributed by atoms with Crippen LogP contribution in [0.25, 0.3) is 0 Å². The number of aromatic nitrogens is 2. The third-order valence-electron chi connectivity index (χ3n) is 2.78. The predicted octanol–water partition coefficient (Wildman–Crippen LogP) is 3.65. The minimum Gasteiger partial charge on any atom is -0.462 e. The first-order valence-electron chi connectivity index (χ1n) is 6.49. The zero-order chi connectivity index (χ0) is 16.1. The number of benzene rings is 1. The highest BCUT2D eigenvalue weighted by Gasteiger charge is 2.18. The highest BCUT2D eigenvalue weighted by atomic mass is 35.5. The van der Waals surface area contributed by atoms with Crippen LogP contribution in [0.4, 0.5) is 5.82 Å². The molecule has 1 aromatic heterocycles. The summed E-state index contributed by atoms with van der Waals surface area (Å²) in [7, 11) is 0. The maximum absolute atomic E-state index is 11.9. The first-order valence-corrected chi connectivity index (χ1v) is 7.25. The molecule has 0 amide bonds. The quantitative estimate of drug-likeness (QED) is 0.494. The molecule has 0 atom stereocenters. The number of aromatic amines is 1. The van der Waals surface area contributed by atoms with Crippen molar-refractivity contribution in [1.82, 2.24) is 10.2 Å². The Morgan fingerprint density at radius 3 is 3.00 bits per heavy atom. The van der Waals surface area contributed by atoms with Gasteiger partial charge in [-0.25, -0.2) is 4.79 Å². The minimum absolute atomic E-state index is 0.282. The van der Waals surface area contributed by atoms with Gasteiger partial charge in [-0.15, -0.1) is 0 Å². The van der Waals surface area contributed by atoms with Crippen molar-refractivity contribution in [2.75, 3.05) is 12.0 Å². The molecule has 2 rings (SSSR count). The molecule has 0 saturated heterocycles. The SMILES string of the molecule is CCOC(=O)c1c(N/N=C/c2cccc(Cl)c2Cl)n[nH]c1C. The van der Waals surface area contributed by atoms with Crippen LogP contribution < -0.4 is 5.43 Å². The summed E-state index contributed by atoms with van der Waals surface area (Å²) in [6.45, 7) is 3.74. The van der Waals surface area contributed by atoms with Gasteiger partial charge in [0.25, 0.3) is 0 Å². The van der Waals surface area contributed by atoms with Gasteiger partial charge in [0.05, 0.1) is 22.9 Å². The van der Waals surface area contributed by atoms with E-state index in [1.54, 1.807) is 32.0 Å². The van der Waals surface area contributed by atoms with Crippen LogP contribution in [0.15, 0.2) is 23.3 Å². The van der Waals surface area contributed by atoms with E-state index in [2.05, 4.69) is 20.7 Å². The molecular weight excluding hydrogens is 327 g/mol. The number of nitrogens with zero attached hydrogens (tertiary/aromatic N) is 2. The highest BCUT2D eigenvalue weighted by Crippen LogP contribution is 2.24. The van der Waals surface area contributed by atoms with Crippen LogP contribution >= 0.6 is 23.2 Å². The molecule has 0 radical (unpaired) electrons. The van der Waals surface area contributed by atoms with E-state index in [0.29, 0.717) is 26.9 Å². The monoisotopic (exact) mass is 340 g/mol. The maximum Gasteiger partial charge on any atom is 0.343 e. The Bertz CT molecular complexity index is 713. The minimum atomic E-state index is -0.466. The molecule has 2 N–H and O–H groups in total. The van der Waals surface area contributed by atoms with E-state index >= 15 is 0 Å². The lowest BCUT2D eigenvalue weighted by molar-refractivity contribution is 0.0526. The first-order chi connectivity index (χ1) is 10.5. The lowest BCUT2D eigenvalue weighted by Crippen LogP contribution is -2.08. The van der Waals surface area contributed by atoms with Crippen LogP contribution in [-0.2, 0) is 4.74 Å². The van der Waals surface area contributed by atoms with Gasteiger partial charge in [-0.2, -0.15) is 10.2 Å². The second-order valence-electron chi connectivity index (χ2n) is 4.31. The number of anilines is 1. The van der Waals surface area contributed by atoms with Gasteiger partial charge >= 0.3 is 5.97 Å². The van der Waals surface area contributed by atoms with E-state index in [4.69, 9.17) is 27.9 Å². The van der Waals surface area contributed by atoms with Gasteiger partial charge in [-0.05, 0) is 19.9 Å². The molecule has 2 aromatic rings. The fourth-order valence-electron chi connectivity index (χ4n) is 1.75. The van der Waals surface area contributed by atoms with E-state index < -0.39 is 5.97 Å². The average Bonchev–Trinajstić information content (AvgIpc) is 2.85. The summed E-state index contributed by atoms with van der Waals surface area (Å²) < 4.78 is 4.98. The summed E-state index contributed by atoms with van der Waals surface area (Å²) in [6, 6.07) is 5.21. The fraction of sp³-hybridized carbons (Fsp3) is 0.214. The smallest absolute Gasteiger partial charge is 0.343 e. The Hall–Kier alpha value is -2.05. The molecule has 1 heterocycles. The predicted molar refractivity (Wildman–Crippen MR) is 87.0 cm³/mol. The molecule has 1 aromatic carbocycles. The third kappa shape index (κ3) is 3.58. The molecule has 0 aliphatic heterocycles. The summed E-state index contributed by atoms with van der Waals surface area (Å²) in [6.07, 6.45) is 1.49. The zero-order valence-corrected chi connectivity index (χ0v) is 13.5. The summed E-state index contributed by atoms with van der Waals surface area (Å²) >= 11 is 12.0. The van der Waals surface area contributed by atoms with E-state index in [9.17, 15) is 4.79 Å². The van der Waals surface area contributed by atoms with Crippen molar-refractivity contribution in [3.63, 3.8) is 0 Å². The second kappa shape index (κ2) is 7.29. The number of H-pyrrole nitrogens is 1. The van der Waals surface area contributed by atoms with Gasteiger partial charge in [0.15, 0.2) is 5.82 Å². The summed E-state index contributed by atoms with van der Waals surface area (Å²) in [5.41, 5.74) is 4.25. The Morgan fingerprint density at radius 2 is 2.27 bits per heavy atom. The van der Waals surface area contributed by atoms with Crippen LogP contribution in [0, 0.1) is 6.92 Å². The largest absolute Gasteiger partial charge is 0.462 e. The molecule has 0 fully saturated rings. The van der Waals surface area contributed by atoms with Gasteiger partial charge in [0.1, 0.15) is 5.56 Å². The Labute approximate surface area is 137 Å². The molecule has 0 saturated carbocycles. The van der Waals surface area contributed by atoms with E-state index in [1.807, 2.05) is 0 Å². The van der Waals surface area contributed by atoms with Crippen LogP contribution in [0.2, 0.25) is 10.0 Å². The van der Waals surface area contributed by atoms with Crippen molar-refractivity contribution in [2.24, 2.45) is 5.10 Å². The summed E-state index contributed by atoms with van der Waals surface area (Å²) in [5.74, 6) is -0.183. The molecule has 6 nitrogen and oxygen atoms in total. The molecule has 0 unspecified atom stereocenters. The van der Waals surface area contributed by atoms with Crippen LogP contribution in [0.5, 0.6) is 0 Å². The molecular formula is C14H14Cl2N4O2. The maximum atomic E-state index is 11.9. The number of ether oxygens (including phenoxy) is 1. The van der Waals surface area contributed by atoms with Crippen LogP contribution in [0.3, 0.4) is 0 Å². The normalized spacial score (nSPS) is 10.9. The zero-order valence-electron chi connectivity index (χ0n) is 12.0. The molecule has 0 spiro atoms. The Kier molecular flexibility index (Phi) is 5.41. The van der Waals surface area contributed by atoms with E-state index in [1.165, 1.54) is 6.21 Å². The molecule has 116 valence electrons. The number of nitrogens with one attached hydrogen (secondary N) is 2. The molecule has 0 aliphatic rings. The number of hydrogen-bond acceptors (Lipinski definition) is 5. The third-order valence-corrected chi connectivity index (χ3v) is 3.62. The number of hydrazone groups is 1. The van der Waals surface area contributed by atoms with Gasteiger partial charge in [0, 0.05) is 11.3 Å². The van der Waals surface area contributed by atoms with Gasteiger partial charge in [0.2, 0.25) is 0 Å². The van der Waals surface area contributed by atoms with Crippen molar-refractivity contribution in [1.29, 1.82) is 0 Å². The summed E-state index contributed by atoms with van der Waals surface area (Å²) in [5, 5.41) is 11.6. The lowest BCUT2D eigenvalue weighted by atomic mass is 10.2. The van der Waals surface area contributed by atoms with Crippen molar-refractivity contribution >= 4 is 41.2 Å². The summed E-state index contributed by atoms with van der Waals surface area (Å²) in [4.78, 5) is 11.9. The lowest BCUT2D eigenvalue weighted by Gasteiger charge is -2.03. The van der Waals surface area contributed by atoms with Gasteiger partial charge < -0.3 is 4.74 Å². The van der Waals surface area contributed by atoms with Crippen molar-refractivity contribution in [3.05, 3.63) is 45.1 Å². The van der Waals surface area contributed by atoms with Gasteiger partial charge in [-0.3, -0.25) is 10.5 Å². The molecule has 22 heavy (non-hydrogen) atoms. The standard InChI is InChI=1S/C14H14Cl2N4O2/c1-3-22-14(21)11-8(2)18-20-13(11)19-17-7-9-5-4-6-10(15)12(9)16/h4-7H,3H2,1-2H3,(H2,18,19,20)/b17-7+. The highest BCUT2D eigenvalue weighted by molar-refractivity contribution is 6.43. The van der Waals surface area contributed by atoms with Crippen molar-refractivity contribution < 1.29 is 9.53 Å². The number of rotatable bonds is 5. The number of esters is 1. The van der Waals surface area contributed by atoms with E-state index in [0.717, 1.165) is 0 Å². The fourth-order valence-corrected chi connectivity index (χ4v) is 2.10.